The van der Waals surface area contributed by atoms with Crippen LogP contribution in [0.4, 0.5) is 59.6 Å². The molecule has 0 fully saturated rings. The van der Waals surface area contributed by atoms with Crippen LogP contribution in [0, 0.1) is 5.82 Å². The van der Waals surface area contributed by atoms with Crippen LogP contribution in [0.15, 0.2) is 85.6 Å². The fourth-order valence-corrected chi connectivity index (χ4v) is 3.48. The van der Waals surface area contributed by atoms with Crippen LogP contribution in [0.2, 0.25) is 0 Å². The van der Waals surface area contributed by atoms with Gasteiger partial charge in [-0.15, -0.1) is 0 Å². The van der Waals surface area contributed by atoms with Gasteiger partial charge in [-0.2, -0.15) is 31.3 Å². The van der Waals surface area contributed by atoms with Crippen molar-refractivity contribution in [3.05, 3.63) is 97.0 Å². The number of carbonyl (C=O) groups is 2. The predicted molar refractivity (Wildman–Crippen MR) is 151 cm³/mol. The summed E-state index contributed by atoms with van der Waals surface area (Å²) in [5.74, 6) is -3.16. The molecule has 1 heterocycles. The minimum atomic E-state index is -5.08. The molecule has 16 heteroatoms. The van der Waals surface area contributed by atoms with Crippen molar-refractivity contribution in [2.75, 3.05) is 23.1 Å². The summed E-state index contributed by atoms with van der Waals surface area (Å²) in [5.41, 5.74) is 0.662. The van der Waals surface area contributed by atoms with Crippen LogP contribution in [-0.4, -0.2) is 40.2 Å². The van der Waals surface area contributed by atoms with Crippen LogP contribution in [0.5, 0.6) is 5.75 Å². The summed E-state index contributed by atoms with van der Waals surface area (Å²) in [6.07, 6.45) is -7.12. The van der Waals surface area contributed by atoms with Crippen molar-refractivity contribution < 1.29 is 50.2 Å². The van der Waals surface area contributed by atoms with Crippen LogP contribution < -0.4 is 20.7 Å². The molecule has 0 aliphatic heterocycles. The van der Waals surface area contributed by atoms with E-state index in [1.807, 2.05) is 0 Å². The molecule has 236 valence electrons. The van der Waals surface area contributed by atoms with Gasteiger partial charge < -0.3 is 25.8 Å². The maximum Gasteiger partial charge on any atom is 0.490 e. The van der Waals surface area contributed by atoms with Gasteiger partial charge in [0.1, 0.15) is 17.4 Å². The molecule has 0 aliphatic carbocycles. The Bertz CT molecular complexity index is 1680. The molecule has 3 aromatic carbocycles. The Morgan fingerprint density at radius 2 is 1.58 bits per heavy atom. The first kappa shape index (κ1) is 33.8. The van der Waals surface area contributed by atoms with Crippen molar-refractivity contribution in [3.8, 4) is 16.9 Å². The first-order valence-electron chi connectivity index (χ1n) is 12.4. The lowest BCUT2D eigenvalue weighted by molar-refractivity contribution is -0.192. The molecule has 0 radical (unpaired) electrons. The van der Waals surface area contributed by atoms with E-state index in [0.29, 0.717) is 22.6 Å². The van der Waals surface area contributed by atoms with Crippen molar-refractivity contribution in [1.82, 2.24) is 9.97 Å². The van der Waals surface area contributed by atoms with Gasteiger partial charge in [0.05, 0.1) is 24.0 Å². The van der Waals surface area contributed by atoms with Crippen molar-refractivity contribution in [1.29, 1.82) is 0 Å². The lowest BCUT2D eigenvalue weighted by Gasteiger charge is -2.16. The molecule has 4 aromatic rings. The molecular formula is C29H22F7N5O4. The Morgan fingerprint density at radius 1 is 0.933 bits per heavy atom. The standard InChI is InChI=1S/C27H21F4N5O2.C2HF3O2/c1-3-24(37)33-18-12-13-20(28)22(14-18)34-25-19(16-8-10-17(11-9-16)27(29,30)31)15-32-26(36-25)35-21-6-4-5-7-23(21)38-2;3-2(4,5)1(6)7/h3-15H,1H2,2H3,(H,33,37)(H2,32,34,35,36);(H,6,7). The number of carboxylic acids is 1. The van der Waals surface area contributed by atoms with E-state index in [9.17, 15) is 35.5 Å². The normalized spacial score (nSPS) is 11.0. The highest BCUT2D eigenvalue weighted by Crippen LogP contribution is 2.35. The van der Waals surface area contributed by atoms with Crippen molar-refractivity contribution in [2.24, 2.45) is 0 Å². The number of ether oxygens (including phenoxy) is 1. The highest BCUT2D eigenvalue weighted by Gasteiger charge is 2.38. The van der Waals surface area contributed by atoms with E-state index in [1.54, 1.807) is 24.3 Å². The van der Waals surface area contributed by atoms with Crippen LogP contribution >= 0.6 is 0 Å². The van der Waals surface area contributed by atoms with E-state index in [0.717, 1.165) is 24.3 Å². The van der Waals surface area contributed by atoms with Crippen LogP contribution in [0.1, 0.15) is 5.56 Å². The number of anilines is 5. The lowest BCUT2D eigenvalue weighted by Crippen LogP contribution is -2.21. The number of aliphatic carboxylic acids is 1. The summed E-state index contributed by atoms with van der Waals surface area (Å²) in [7, 11) is 1.50. The quantitative estimate of drug-likeness (QED) is 0.115. The first-order chi connectivity index (χ1) is 21.1. The fourth-order valence-electron chi connectivity index (χ4n) is 3.48. The number of rotatable bonds is 8. The molecule has 0 saturated carbocycles. The second-order valence-corrected chi connectivity index (χ2v) is 8.67. The maximum absolute atomic E-state index is 14.7. The molecule has 4 rings (SSSR count). The van der Waals surface area contributed by atoms with E-state index >= 15 is 0 Å². The summed E-state index contributed by atoms with van der Waals surface area (Å²) in [4.78, 5) is 29.3. The largest absolute Gasteiger partial charge is 0.495 e. The molecule has 0 atom stereocenters. The first-order valence-corrected chi connectivity index (χ1v) is 12.4. The highest BCUT2D eigenvalue weighted by molar-refractivity contribution is 5.99. The molecule has 0 unspecified atom stereocenters. The van der Waals surface area contributed by atoms with Gasteiger partial charge in [0.15, 0.2) is 0 Å². The smallest absolute Gasteiger partial charge is 0.490 e. The third-order valence-electron chi connectivity index (χ3n) is 5.58. The van der Waals surface area contributed by atoms with Crippen LogP contribution in [0.25, 0.3) is 11.1 Å². The second kappa shape index (κ2) is 14.2. The zero-order valence-corrected chi connectivity index (χ0v) is 22.9. The molecule has 1 amide bonds. The number of carbonyl (C=O) groups excluding carboxylic acids is 1. The van der Waals surface area contributed by atoms with Crippen LogP contribution in [-0.2, 0) is 15.8 Å². The second-order valence-electron chi connectivity index (χ2n) is 8.67. The van der Waals surface area contributed by atoms with Gasteiger partial charge in [-0.3, -0.25) is 4.79 Å². The summed E-state index contributed by atoms with van der Waals surface area (Å²) in [6.45, 7) is 3.38. The van der Waals surface area contributed by atoms with E-state index in [-0.39, 0.29) is 23.1 Å². The molecule has 9 nitrogen and oxygen atoms in total. The minimum absolute atomic E-state index is 0.0398. The van der Waals surface area contributed by atoms with Crippen molar-refractivity contribution in [2.45, 2.75) is 12.4 Å². The number of hydrogen-bond acceptors (Lipinski definition) is 7. The number of aromatic nitrogens is 2. The summed E-state index contributed by atoms with van der Waals surface area (Å²) < 4.78 is 91.0. The molecule has 0 bridgehead atoms. The maximum atomic E-state index is 14.7. The predicted octanol–water partition coefficient (Wildman–Crippen LogP) is 7.56. The zero-order valence-electron chi connectivity index (χ0n) is 22.9. The average molecular weight is 638 g/mol. The summed E-state index contributed by atoms with van der Waals surface area (Å²) in [6, 6.07) is 15.3. The molecule has 4 N–H and O–H groups in total. The number of carboxylic acid groups (broad SMARTS) is 1. The van der Waals surface area contributed by atoms with E-state index < -0.39 is 35.6 Å². The Kier molecular flexibility index (Phi) is 10.7. The number of methoxy groups -OCH3 is 1. The van der Waals surface area contributed by atoms with Gasteiger partial charge in [-0.1, -0.05) is 30.8 Å². The van der Waals surface area contributed by atoms with E-state index in [1.165, 1.54) is 37.6 Å². The number of nitrogens with one attached hydrogen (secondary N) is 3. The third kappa shape index (κ3) is 9.41. The van der Waals surface area contributed by atoms with Gasteiger partial charge in [0.2, 0.25) is 11.9 Å². The van der Waals surface area contributed by atoms with E-state index in [2.05, 4.69) is 32.5 Å². The average Bonchev–Trinajstić information content (AvgIpc) is 2.98. The SMILES string of the molecule is C=CC(=O)Nc1ccc(F)c(Nc2nc(Nc3ccccc3OC)ncc2-c2ccc(C(F)(F)F)cc2)c1.O=C(O)C(F)(F)F. The molecule has 0 saturated heterocycles. The zero-order chi connectivity index (χ0) is 33.4. The number of benzene rings is 3. The topological polar surface area (TPSA) is 125 Å². The number of hydrogen-bond donors (Lipinski definition) is 4. The molecule has 1 aromatic heterocycles. The van der Waals surface area contributed by atoms with Gasteiger partial charge in [0.25, 0.3) is 0 Å². The number of alkyl halides is 6. The number of nitrogens with zero attached hydrogens (tertiary/aromatic N) is 2. The summed E-state index contributed by atoms with van der Waals surface area (Å²) >= 11 is 0. The Morgan fingerprint density at radius 3 is 2.16 bits per heavy atom. The molecule has 0 spiro atoms. The third-order valence-corrected chi connectivity index (χ3v) is 5.58. The molecule has 45 heavy (non-hydrogen) atoms. The number of amides is 1. The van der Waals surface area contributed by atoms with Crippen LogP contribution in [0.3, 0.4) is 0 Å². The lowest BCUT2D eigenvalue weighted by atomic mass is 10.1. The number of halogens is 7. The monoisotopic (exact) mass is 637 g/mol. The molecule has 0 aliphatic rings. The van der Waals surface area contributed by atoms with Crippen molar-refractivity contribution >= 4 is 40.7 Å². The Labute approximate surface area is 250 Å². The highest BCUT2D eigenvalue weighted by atomic mass is 19.4. The van der Waals surface area contributed by atoms with Gasteiger partial charge in [-0.05, 0) is 54.1 Å². The molecular weight excluding hydrogens is 615 g/mol. The van der Waals surface area contributed by atoms with E-state index in [4.69, 9.17) is 14.6 Å². The Hall–Kier alpha value is -5.67. The van der Waals surface area contributed by atoms with Gasteiger partial charge in [-0.25, -0.2) is 14.2 Å². The summed E-state index contributed by atoms with van der Waals surface area (Å²) in [5, 5.41) is 15.6. The van der Waals surface area contributed by atoms with Gasteiger partial charge >= 0.3 is 18.3 Å². The Balaban J connectivity index is 0.000000707. The minimum Gasteiger partial charge on any atom is -0.495 e. The number of para-hydroxylation sites is 2. The van der Waals surface area contributed by atoms with Gasteiger partial charge in [0, 0.05) is 17.4 Å². The fraction of sp³-hybridized carbons (Fsp3) is 0.103. The van der Waals surface area contributed by atoms with Crippen molar-refractivity contribution in [3.63, 3.8) is 0 Å².